The van der Waals surface area contributed by atoms with Gasteiger partial charge >= 0.3 is 0 Å². The van der Waals surface area contributed by atoms with Crippen LogP contribution in [0.25, 0.3) is 11.0 Å². The number of rotatable bonds is 2. The summed E-state index contributed by atoms with van der Waals surface area (Å²) in [4.78, 5) is 5.12. The van der Waals surface area contributed by atoms with Gasteiger partial charge in [0.1, 0.15) is 5.58 Å². The van der Waals surface area contributed by atoms with Crippen molar-refractivity contribution in [1.29, 1.82) is 0 Å². The highest BCUT2D eigenvalue weighted by atomic mass is 16.3. The van der Waals surface area contributed by atoms with E-state index in [2.05, 4.69) is 198 Å². The van der Waals surface area contributed by atoms with Gasteiger partial charge in [0, 0.05) is 33.8 Å². The highest BCUT2D eigenvalue weighted by Gasteiger charge is 2.48. The van der Waals surface area contributed by atoms with Gasteiger partial charge in [-0.2, -0.15) is 0 Å². The Kier molecular flexibility index (Phi) is 8.19. The second-order valence-corrected chi connectivity index (χ2v) is 23.6. The van der Waals surface area contributed by atoms with Crippen LogP contribution >= 0.6 is 0 Å². The van der Waals surface area contributed by atoms with Crippen molar-refractivity contribution in [2.45, 2.75) is 155 Å². The van der Waals surface area contributed by atoms with Crippen molar-refractivity contribution >= 4 is 68.4 Å². The molecule has 0 amide bonds. The first-order chi connectivity index (χ1) is 28.0. The Bertz CT molecular complexity index is 2750. The molecule has 4 heteroatoms. The molecule has 3 nitrogen and oxygen atoms in total. The van der Waals surface area contributed by atoms with Gasteiger partial charge < -0.3 is 14.2 Å². The third-order valence-corrected chi connectivity index (χ3v) is 15.5. The lowest BCUT2D eigenvalue weighted by molar-refractivity contribution is 0.332. The van der Waals surface area contributed by atoms with Gasteiger partial charge in [-0.15, -0.1) is 0 Å². The molecule has 2 aliphatic carbocycles. The van der Waals surface area contributed by atoms with Gasteiger partial charge in [0.05, 0.1) is 11.3 Å². The monoisotopic (exact) mass is 793 g/mol. The van der Waals surface area contributed by atoms with Gasteiger partial charge in [0.15, 0.2) is 0 Å². The summed E-state index contributed by atoms with van der Waals surface area (Å²) < 4.78 is 7.52. The Morgan fingerprint density at radius 2 is 1.02 bits per heavy atom. The van der Waals surface area contributed by atoms with E-state index in [9.17, 15) is 0 Å². The molecule has 0 N–H and O–H groups in total. The Labute approximate surface area is 360 Å². The molecule has 0 unspecified atom stereocenters. The topological polar surface area (TPSA) is 19.6 Å². The molecular weight excluding hydrogens is 727 g/mol. The first-order valence-corrected chi connectivity index (χ1v) is 22.7. The van der Waals surface area contributed by atoms with Crippen LogP contribution in [0.3, 0.4) is 0 Å². The zero-order chi connectivity index (χ0) is 42.7. The Balaban J connectivity index is 1.31. The molecule has 0 radical (unpaired) electrons. The first-order valence-electron chi connectivity index (χ1n) is 22.7. The van der Waals surface area contributed by atoms with E-state index >= 15 is 0 Å². The maximum Gasteiger partial charge on any atom is 0.297 e. The molecule has 6 aromatic rings. The van der Waals surface area contributed by atoms with Crippen LogP contribution in [0.4, 0.5) is 34.1 Å². The molecule has 10 rings (SSSR count). The van der Waals surface area contributed by atoms with Crippen molar-refractivity contribution in [3.63, 3.8) is 0 Å². The van der Waals surface area contributed by atoms with E-state index < -0.39 is 0 Å². The Morgan fingerprint density at radius 1 is 0.500 bits per heavy atom. The zero-order valence-corrected chi connectivity index (χ0v) is 38.9. The lowest BCUT2D eigenvalue weighted by Crippen LogP contribution is -2.61. The van der Waals surface area contributed by atoms with E-state index in [1.54, 1.807) is 0 Å². The van der Waals surface area contributed by atoms with Crippen LogP contribution in [-0.2, 0) is 32.5 Å². The standard InChI is InChI=1S/C56H65BN2O/c1-51(2,3)34-18-21-36(22-19-34)58-44-25-20-35(52(4,5)6)30-43(44)57-48-45(58)16-15-17-46(48)59(37-23-24-39-40(31-37)54(9,10)27-26-53(39,7)8)49-38-32-41-42(33-47(38)60-50(49)57)56(13,14)29-28-55(41,11)12/h15-25,30-33H,26-29H2,1-14H3. The van der Waals surface area contributed by atoms with Crippen LogP contribution in [0.15, 0.2) is 95.4 Å². The van der Waals surface area contributed by atoms with Crippen LogP contribution in [0, 0.1) is 0 Å². The number of hydrogen-bond acceptors (Lipinski definition) is 3. The number of hydrogen-bond donors (Lipinski definition) is 0. The Morgan fingerprint density at radius 3 is 1.62 bits per heavy atom. The fourth-order valence-electron chi connectivity index (χ4n) is 11.3. The van der Waals surface area contributed by atoms with Gasteiger partial charge in [-0.1, -0.05) is 133 Å². The normalized spacial score (nSPS) is 19.3. The predicted molar refractivity (Wildman–Crippen MR) is 258 cm³/mol. The van der Waals surface area contributed by atoms with E-state index in [1.165, 1.54) is 110 Å². The summed E-state index contributed by atoms with van der Waals surface area (Å²) in [7, 11) is 0. The van der Waals surface area contributed by atoms with Crippen LogP contribution in [0.1, 0.15) is 156 Å². The van der Waals surface area contributed by atoms with Gasteiger partial charge in [-0.3, -0.25) is 0 Å². The van der Waals surface area contributed by atoms with E-state index in [-0.39, 0.29) is 39.2 Å². The summed E-state index contributed by atoms with van der Waals surface area (Å²) in [5.74, 6) is 0. The van der Waals surface area contributed by atoms with Gasteiger partial charge in [0.25, 0.3) is 6.71 Å². The summed E-state index contributed by atoms with van der Waals surface area (Å²) in [5.41, 5.74) is 20.8. The fourth-order valence-corrected chi connectivity index (χ4v) is 11.3. The molecular formula is C56H65BN2O. The van der Waals surface area contributed by atoms with Gasteiger partial charge in [0.2, 0.25) is 0 Å². The van der Waals surface area contributed by atoms with Crippen molar-refractivity contribution in [2.24, 2.45) is 0 Å². The Hall–Kier alpha value is -4.70. The third kappa shape index (κ3) is 5.75. The molecule has 4 aliphatic rings. The summed E-state index contributed by atoms with van der Waals surface area (Å²) in [6.45, 7) is 33.3. The van der Waals surface area contributed by atoms with Gasteiger partial charge in [-0.25, -0.2) is 0 Å². The molecule has 0 atom stereocenters. The molecule has 0 fully saturated rings. The average Bonchev–Trinajstić information content (AvgIpc) is 3.55. The summed E-state index contributed by atoms with van der Waals surface area (Å²) in [6.07, 6.45) is 4.70. The maximum absolute atomic E-state index is 7.52. The number of nitrogens with zero attached hydrogens (tertiary/aromatic N) is 2. The molecule has 1 aromatic heterocycles. The van der Waals surface area contributed by atoms with Crippen molar-refractivity contribution in [3.05, 3.63) is 124 Å². The molecule has 5 aromatic carbocycles. The summed E-state index contributed by atoms with van der Waals surface area (Å²) in [6, 6.07) is 35.9. The molecule has 0 bridgehead atoms. The maximum atomic E-state index is 7.52. The quantitative estimate of drug-likeness (QED) is 0.163. The number of fused-ring (bicyclic) bond motifs is 8. The summed E-state index contributed by atoms with van der Waals surface area (Å²) >= 11 is 0. The number of furan rings is 1. The number of anilines is 6. The molecule has 0 saturated heterocycles. The van der Waals surface area contributed by atoms with Gasteiger partial charge in [-0.05, 0) is 157 Å². The lowest BCUT2D eigenvalue weighted by atomic mass is 9.35. The van der Waals surface area contributed by atoms with E-state index in [0.29, 0.717) is 0 Å². The van der Waals surface area contributed by atoms with Crippen molar-refractivity contribution in [3.8, 4) is 0 Å². The minimum absolute atomic E-state index is 0.0225. The predicted octanol–water partition coefficient (Wildman–Crippen LogP) is 13.8. The lowest BCUT2D eigenvalue weighted by Gasteiger charge is -2.44. The van der Waals surface area contributed by atoms with Crippen molar-refractivity contribution in [1.82, 2.24) is 0 Å². The summed E-state index contributed by atoms with van der Waals surface area (Å²) in [5, 5.41) is 1.22. The van der Waals surface area contributed by atoms with Crippen molar-refractivity contribution < 1.29 is 4.42 Å². The molecule has 3 heterocycles. The molecule has 0 spiro atoms. The smallest absolute Gasteiger partial charge is 0.297 e. The largest absolute Gasteiger partial charge is 0.468 e. The average molecular weight is 793 g/mol. The second-order valence-electron chi connectivity index (χ2n) is 23.6. The highest BCUT2D eigenvalue weighted by molar-refractivity contribution is 7.00. The van der Waals surface area contributed by atoms with E-state index in [1.807, 2.05) is 0 Å². The van der Waals surface area contributed by atoms with E-state index in [0.717, 1.165) is 11.2 Å². The second kappa shape index (κ2) is 12.5. The van der Waals surface area contributed by atoms with Crippen LogP contribution in [0.2, 0.25) is 0 Å². The zero-order valence-electron chi connectivity index (χ0n) is 38.9. The van der Waals surface area contributed by atoms with Crippen molar-refractivity contribution in [2.75, 3.05) is 9.80 Å². The molecule has 60 heavy (non-hydrogen) atoms. The number of benzene rings is 5. The van der Waals surface area contributed by atoms with Crippen LogP contribution in [-0.4, -0.2) is 6.71 Å². The van der Waals surface area contributed by atoms with E-state index in [4.69, 9.17) is 4.42 Å². The minimum Gasteiger partial charge on any atom is -0.468 e. The fraction of sp³-hybridized carbons (Fsp3) is 0.429. The molecule has 2 aliphatic heterocycles. The molecule has 0 saturated carbocycles. The van der Waals surface area contributed by atoms with Crippen LogP contribution < -0.4 is 26.4 Å². The highest BCUT2D eigenvalue weighted by Crippen LogP contribution is 2.53. The molecule has 308 valence electrons. The minimum atomic E-state index is -0.0803. The first kappa shape index (κ1) is 39.4. The van der Waals surface area contributed by atoms with Crippen LogP contribution in [0.5, 0.6) is 0 Å². The third-order valence-electron chi connectivity index (χ3n) is 15.5. The SMILES string of the molecule is CC(C)(C)c1ccc(N2c3ccc(C(C)(C)C)cc3B3c4oc5cc6c(cc5c4N(c4ccc5c(c4)C(C)(C)CCC5(C)C)c4cccc2c43)C(C)(C)CCC6(C)C)cc1.